The minimum atomic E-state index is -6.00. The van der Waals surface area contributed by atoms with Crippen LogP contribution in [-0.2, 0) is 21.8 Å². The fourth-order valence-electron chi connectivity index (χ4n) is 2.21. The van der Waals surface area contributed by atoms with E-state index in [0.717, 1.165) is 4.58 Å². The van der Waals surface area contributed by atoms with Crippen LogP contribution in [0.1, 0.15) is 24.0 Å². The first-order valence-corrected chi connectivity index (χ1v) is 10.7. The lowest BCUT2D eigenvalue weighted by Crippen LogP contribution is -2.17. The van der Waals surface area contributed by atoms with Gasteiger partial charge in [-0.25, -0.2) is 0 Å². The number of hydrogen-bond acceptors (Lipinski definition) is 0. The summed E-state index contributed by atoms with van der Waals surface area (Å²) in [4.78, 5) is 0. The van der Waals surface area contributed by atoms with Crippen molar-refractivity contribution in [3.8, 4) is 0 Å². The fourth-order valence-corrected chi connectivity index (χ4v) is 9.55. The van der Waals surface area contributed by atoms with Gasteiger partial charge in [0, 0.05) is 21.8 Å². The van der Waals surface area contributed by atoms with Crippen molar-refractivity contribution in [1.82, 2.24) is 0 Å². The van der Waals surface area contributed by atoms with Gasteiger partial charge >= 0.3 is 14.5 Å². The number of hydrogen-bond donors (Lipinski definition) is 0. The first-order valence-electron chi connectivity index (χ1n) is 7.49. The summed E-state index contributed by atoms with van der Waals surface area (Å²) in [6.07, 6.45) is 0. The van der Waals surface area contributed by atoms with Gasteiger partial charge in [-0.05, 0) is 26.0 Å². The summed E-state index contributed by atoms with van der Waals surface area (Å²) >= 11 is 0. The van der Waals surface area contributed by atoms with Crippen LogP contribution >= 0.6 is 0 Å². The second kappa shape index (κ2) is 11.3. The smallest absolute Gasteiger partial charge is 0.418 e. The van der Waals surface area contributed by atoms with E-state index in [1.54, 1.807) is 5.56 Å². The highest BCUT2D eigenvalue weighted by atomic mass is 32.3. The Labute approximate surface area is 148 Å². The molecule has 2 rings (SSSR count). The summed E-state index contributed by atoms with van der Waals surface area (Å²) in [5.41, 5.74) is 1.60. The molecule has 0 spiro atoms. The second-order valence-corrected chi connectivity index (χ2v) is 10.2. The van der Waals surface area contributed by atoms with Gasteiger partial charge < -0.3 is 34.5 Å². The molecular formula is C13H20B2F8S2. The van der Waals surface area contributed by atoms with Crippen LogP contribution in [0.5, 0.6) is 0 Å². The Bertz CT molecular complexity index is 433. The van der Waals surface area contributed by atoms with Crippen LogP contribution in [0.4, 0.5) is 34.5 Å². The molecule has 25 heavy (non-hydrogen) atoms. The van der Waals surface area contributed by atoms with E-state index in [-0.39, 0.29) is 0 Å². The lowest BCUT2D eigenvalue weighted by molar-refractivity contribution is 0.366. The second-order valence-electron chi connectivity index (χ2n) is 4.79. The molecular weight excluding hydrogens is 394 g/mol. The lowest BCUT2D eigenvalue weighted by Gasteiger charge is -2.09. The number of halogens is 8. The Morgan fingerprint density at radius 3 is 1.36 bits per heavy atom. The maximum atomic E-state index is 9.75. The van der Waals surface area contributed by atoms with Gasteiger partial charge in [0.2, 0.25) is 0 Å². The minimum Gasteiger partial charge on any atom is -0.418 e. The summed E-state index contributed by atoms with van der Waals surface area (Å²) in [6, 6.07) is 11.2. The van der Waals surface area contributed by atoms with E-state index in [0.29, 0.717) is 21.8 Å². The van der Waals surface area contributed by atoms with Gasteiger partial charge in [0.15, 0.2) is 11.5 Å². The van der Waals surface area contributed by atoms with E-state index in [1.165, 1.54) is 23.0 Å². The van der Waals surface area contributed by atoms with E-state index >= 15 is 0 Å². The quantitative estimate of drug-likeness (QED) is 0.345. The minimum absolute atomic E-state index is 0.659. The standard InChI is InChI=1S/C13H20S2.2BF4/c1-3-14-10-11-15(4-2)13(14)12-8-6-5-7-9-12;2*2-1(3,4)5/h5-9,13H,3-4,10-11H2,1-2H3;;/q+2;2*-1. The molecule has 2 atom stereocenters. The highest BCUT2D eigenvalue weighted by Gasteiger charge is 2.51. The van der Waals surface area contributed by atoms with Crippen molar-refractivity contribution in [3.63, 3.8) is 0 Å². The monoisotopic (exact) mass is 414 g/mol. The van der Waals surface area contributed by atoms with Gasteiger partial charge in [0.25, 0.3) is 4.58 Å². The van der Waals surface area contributed by atoms with Gasteiger partial charge in [-0.2, -0.15) is 0 Å². The SMILES string of the molecule is CC[S+]1CC[S+](CC)C1c1ccccc1.F[B-](F)(F)F.F[B-](F)(F)F. The van der Waals surface area contributed by atoms with Crippen LogP contribution in [0.3, 0.4) is 0 Å². The molecule has 1 aromatic rings. The summed E-state index contributed by atoms with van der Waals surface area (Å²) in [7, 11) is -10.7. The predicted molar refractivity (Wildman–Crippen MR) is 95.1 cm³/mol. The van der Waals surface area contributed by atoms with Crippen LogP contribution in [0.25, 0.3) is 0 Å². The van der Waals surface area contributed by atoms with Crippen molar-refractivity contribution in [2.24, 2.45) is 0 Å². The zero-order valence-electron chi connectivity index (χ0n) is 13.8. The summed E-state index contributed by atoms with van der Waals surface area (Å²) in [5, 5.41) is 0. The highest BCUT2D eigenvalue weighted by Crippen LogP contribution is 2.38. The molecule has 1 aromatic carbocycles. The highest BCUT2D eigenvalue weighted by molar-refractivity contribution is 8.16. The first-order chi connectivity index (χ1) is 11.4. The molecule has 146 valence electrons. The van der Waals surface area contributed by atoms with E-state index in [9.17, 15) is 34.5 Å². The summed E-state index contributed by atoms with van der Waals surface area (Å²) in [6.45, 7) is 4.73. The normalized spacial score (nSPS) is 23.2. The molecule has 2 unspecified atom stereocenters. The number of rotatable bonds is 3. The van der Waals surface area contributed by atoms with E-state index < -0.39 is 14.5 Å². The number of benzene rings is 1. The summed E-state index contributed by atoms with van der Waals surface area (Å²) in [5.74, 6) is 5.71. The molecule has 1 aliphatic rings. The van der Waals surface area contributed by atoms with Crippen LogP contribution < -0.4 is 0 Å². The third-order valence-electron chi connectivity index (χ3n) is 3.03. The predicted octanol–water partition coefficient (Wildman–Crippen LogP) is 5.58. The van der Waals surface area contributed by atoms with Crippen molar-refractivity contribution < 1.29 is 34.5 Å². The Morgan fingerprint density at radius 1 is 0.760 bits per heavy atom. The molecule has 0 radical (unpaired) electrons. The van der Waals surface area contributed by atoms with E-state index in [4.69, 9.17) is 0 Å². The Morgan fingerprint density at radius 2 is 1.08 bits per heavy atom. The molecule has 0 saturated carbocycles. The molecule has 0 aromatic heterocycles. The molecule has 1 fully saturated rings. The fraction of sp³-hybridized carbons (Fsp3) is 0.538. The van der Waals surface area contributed by atoms with Crippen molar-refractivity contribution in [1.29, 1.82) is 0 Å². The molecule has 0 nitrogen and oxygen atoms in total. The maximum absolute atomic E-state index is 9.75. The molecule has 0 N–H and O–H groups in total. The lowest BCUT2D eigenvalue weighted by atomic mass is 10.2. The zero-order valence-corrected chi connectivity index (χ0v) is 15.4. The Hall–Kier alpha value is -0.510. The Balaban J connectivity index is 0.000000480. The Kier molecular flexibility index (Phi) is 11.0. The summed E-state index contributed by atoms with van der Waals surface area (Å²) < 4.78 is 78.9. The van der Waals surface area contributed by atoms with Gasteiger partial charge in [-0.1, -0.05) is 18.2 Å². The van der Waals surface area contributed by atoms with Crippen molar-refractivity contribution in [2.75, 3.05) is 23.0 Å². The molecule has 0 amide bonds. The van der Waals surface area contributed by atoms with Crippen LogP contribution in [0.15, 0.2) is 30.3 Å². The molecule has 12 heteroatoms. The van der Waals surface area contributed by atoms with E-state index in [1.807, 2.05) is 0 Å². The van der Waals surface area contributed by atoms with Crippen LogP contribution in [-0.4, -0.2) is 37.5 Å². The third-order valence-corrected chi connectivity index (χ3v) is 9.61. The molecule has 0 bridgehead atoms. The van der Waals surface area contributed by atoms with Crippen molar-refractivity contribution >= 4 is 36.3 Å². The van der Waals surface area contributed by atoms with Crippen LogP contribution in [0.2, 0.25) is 0 Å². The molecule has 1 aliphatic heterocycles. The van der Waals surface area contributed by atoms with Gasteiger partial charge in [0.1, 0.15) is 11.5 Å². The van der Waals surface area contributed by atoms with Gasteiger partial charge in [0.05, 0.1) is 5.56 Å². The average molecular weight is 414 g/mol. The topological polar surface area (TPSA) is 0 Å². The zero-order chi connectivity index (χ0) is 19.7. The van der Waals surface area contributed by atoms with Gasteiger partial charge in [-0.15, -0.1) is 0 Å². The van der Waals surface area contributed by atoms with E-state index in [2.05, 4.69) is 44.2 Å². The van der Waals surface area contributed by atoms with Crippen molar-refractivity contribution in [2.45, 2.75) is 18.4 Å². The molecule has 0 aliphatic carbocycles. The van der Waals surface area contributed by atoms with Gasteiger partial charge in [-0.3, -0.25) is 0 Å². The van der Waals surface area contributed by atoms with Crippen LogP contribution in [0, 0.1) is 0 Å². The molecule has 1 heterocycles. The maximum Gasteiger partial charge on any atom is 0.673 e. The average Bonchev–Trinajstić information content (AvgIpc) is 2.87. The molecule has 1 saturated heterocycles. The van der Waals surface area contributed by atoms with Crippen molar-refractivity contribution in [3.05, 3.63) is 35.9 Å². The third kappa shape index (κ3) is 13.4. The largest absolute Gasteiger partial charge is 0.673 e. The first kappa shape index (κ1) is 24.5.